The summed E-state index contributed by atoms with van der Waals surface area (Å²) in [5.74, 6) is -0.901. The molecule has 1 aliphatic rings. The lowest BCUT2D eigenvalue weighted by molar-refractivity contribution is -0.127. The third-order valence-electron chi connectivity index (χ3n) is 5.87. The first-order valence-corrected chi connectivity index (χ1v) is 11.8. The minimum absolute atomic E-state index is 0.0165. The Morgan fingerprint density at radius 3 is 2.74 bits per heavy atom. The average molecular weight is 487 g/mol. The number of hydrogen-bond donors (Lipinski definition) is 2. The van der Waals surface area contributed by atoms with Gasteiger partial charge in [-0.1, -0.05) is 6.92 Å². The van der Waals surface area contributed by atoms with Crippen molar-refractivity contribution in [3.63, 3.8) is 0 Å². The Labute approximate surface area is 199 Å². The number of aromatic nitrogens is 4. The monoisotopic (exact) mass is 486 g/mol. The van der Waals surface area contributed by atoms with Crippen molar-refractivity contribution >= 4 is 40.3 Å². The number of anilines is 1. The highest BCUT2D eigenvalue weighted by molar-refractivity contribution is 7.08. The molecule has 0 bridgehead atoms. The molecule has 1 unspecified atom stereocenters. The van der Waals surface area contributed by atoms with Crippen molar-refractivity contribution in [3.8, 4) is 5.13 Å². The fraction of sp³-hybridized carbons (Fsp3) is 0.455. The fourth-order valence-corrected chi connectivity index (χ4v) is 4.39. The van der Waals surface area contributed by atoms with Crippen LogP contribution in [0.4, 0.5) is 5.82 Å². The van der Waals surface area contributed by atoms with Crippen LogP contribution in [0.1, 0.15) is 36.2 Å². The topological polar surface area (TPSA) is 140 Å². The van der Waals surface area contributed by atoms with Crippen LogP contribution in [0.15, 0.2) is 23.4 Å². The summed E-state index contributed by atoms with van der Waals surface area (Å²) >= 11 is 1.06. The highest BCUT2D eigenvalue weighted by Crippen LogP contribution is 2.28. The lowest BCUT2D eigenvalue weighted by Gasteiger charge is -2.40. The molecule has 2 N–H and O–H groups in total. The smallest absolute Gasteiger partial charge is 0.341 e. The van der Waals surface area contributed by atoms with Crippen LogP contribution >= 0.6 is 11.5 Å². The Morgan fingerprint density at radius 1 is 1.35 bits per heavy atom. The first kappa shape index (κ1) is 23.8. The zero-order chi connectivity index (χ0) is 24.4. The van der Waals surface area contributed by atoms with Gasteiger partial charge in [-0.2, -0.15) is 4.37 Å². The number of fused-ring (bicyclic) bond motifs is 1. The first-order valence-electron chi connectivity index (χ1n) is 11.0. The predicted octanol–water partition coefficient (Wildman–Crippen LogP) is 1.61. The normalized spacial score (nSPS) is 14.7. The molecule has 1 amide bonds. The largest absolute Gasteiger partial charge is 0.477 e. The number of pyridine rings is 2. The quantitative estimate of drug-likeness (QED) is 0.462. The number of ether oxygens (including phenoxy) is 1. The maximum atomic E-state index is 12.9. The summed E-state index contributed by atoms with van der Waals surface area (Å²) < 4.78 is 10.9. The Kier molecular flexibility index (Phi) is 6.89. The molecule has 0 radical (unpaired) electrons. The van der Waals surface area contributed by atoms with Gasteiger partial charge in [0.1, 0.15) is 17.7 Å². The first-order chi connectivity index (χ1) is 16.3. The van der Waals surface area contributed by atoms with Gasteiger partial charge in [-0.25, -0.2) is 14.8 Å². The molecular formula is C22H26N6O5S. The minimum atomic E-state index is -1.32. The molecule has 1 saturated heterocycles. The van der Waals surface area contributed by atoms with Gasteiger partial charge >= 0.3 is 5.97 Å². The molecule has 12 heteroatoms. The number of hydrogen-bond acceptors (Lipinski definition) is 9. The second kappa shape index (κ2) is 9.85. The van der Waals surface area contributed by atoms with E-state index in [4.69, 9.17) is 4.74 Å². The number of carboxylic acids is 1. The molecule has 0 aromatic carbocycles. The number of amides is 1. The van der Waals surface area contributed by atoms with Gasteiger partial charge in [0.15, 0.2) is 5.65 Å². The van der Waals surface area contributed by atoms with Crippen LogP contribution in [0.5, 0.6) is 0 Å². The van der Waals surface area contributed by atoms with E-state index in [2.05, 4.69) is 19.7 Å². The highest BCUT2D eigenvalue weighted by atomic mass is 32.1. The molecule has 0 aliphatic carbocycles. The third-order valence-corrected chi connectivity index (χ3v) is 6.53. The number of aromatic carboxylic acids is 1. The number of carbonyl (C=O) groups excluding carboxylic acids is 1. The van der Waals surface area contributed by atoms with Crippen LogP contribution in [0.2, 0.25) is 0 Å². The molecule has 1 aliphatic heterocycles. The van der Waals surface area contributed by atoms with Crippen molar-refractivity contribution in [1.82, 2.24) is 24.2 Å². The van der Waals surface area contributed by atoms with Gasteiger partial charge in [0.05, 0.1) is 24.0 Å². The molecule has 11 nitrogen and oxygen atoms in total. The predicted molar refractivity (Wildman–Crippen MR) is 127 cm³/mol. The number of nitrogens with zero attached hydrogens (tertiary/aromatic N) is 5. The van der Waals surface area contributed by atoms with Crippen LogP contribution < -0.4 is 15.6 Å². The van der Waals surface area contributed by atoms with E-state index in [0.717, 1.165) is 18.0 Å². The third kappa shape index (κ3) is 4.50. The molecule has 1 fully saturated rings. The van der Waals surface area contributed by atoms with E-state index in [1.54, 1.807) is 13.0 Å². The van der Waals surface area contributed by atoms with Gasteiger partial charge < -0.3 is 20.1 Å². The molecule has 0 saturated carbocycles. The summed E-state index contributed by atoms with van der Waals surface area (Å²) in [5.41, 5.74) is -0.0569. The number of nitrogens with one attached hydrogen (secondary N) is 1. The van der Waals surface area contributed by atoms with E-state index in [9.17, 15) is 19.5 Å². The minimum Gasteiger partial charge on any atom is -0.477 e. The second-order valence-corrected chi connectivity index (χ2v) is 8.90. The maximum Gasteiger partial charge on any atom is 0.341 e. The SMILES string of the molecule is CCOCC(CC)NC(=O)C1CN(c2cc(C)c3c(=O)c(C(=O)O)cn(-c4ncns4)c3n2)C1. The molecule has 34 heavy (non-hydrogen) atoms. The second-order valence-electron chi connectivity index (χ2n) is 8.14. The van der Waals surface area contributed by atoms with Crippen LogP contribution in [-0.2, 0) is 9.53 Å². The van der Waals surface area contributed by atoms with Crippen molar-refractivity contribution in [2.45, 2.75) is 33.2 Å². The highest BCUT2D eigenvalue weighted by Gasteiger charge is 2.35. The number of carbonyl (C=O) groups is 2. The zero-order valence-electron chi connectivity index (χ0n) is 19.1. The van der Waals surface area contributed by atoms with Gasteiger partial charge in [0, 0.05) is 37.4 Å². The lowest BCUT2D eigenvalue weighted by Crippen LogP contribution is -2.56. The number of carboxylic acid groups (broad SMARTS) is 1. The summed E-state index contributed by atoms with van der Waals surface area (Å²) in [4.78, 5) is 48.0. The van der Waals surface area contributed by atoms with E-state index in [1.807, 2.05) is 18.7 Å². The van der Waals surface area contributed by atoms with E-state index < -0.39 is 11.4 Å². The van der Waals surface area contributed by atoms with Crippen molar-refractivity contribution in [1.29, 1.82) is 0 Å². The Hall–Kier alpha value is -3.38. The number of aryl methyl sites for hydroxylation is 1. The molecule has 4 rings (SSSR count). The molecule has 180 valence electrons. The Balaban J connectivity index is 1.62. The van der Waals surface area contributed by atoms with E-state index in [-0.39, 0.29) is 28.8 Å². The molecule has 3 aromatic rings. The molecule has 4 heterocycles. The van der Waals surface area contributed by atoms with Crippen molar-refractivity contribution in [2.24, 2.45) is 5.92 Å². The molecule has 0 spiro atoms. The molecule has 3 aromatic heterocycles. The van der Waals surface area contributed by atoms with Crippen LogP contribution in [0, 0.1) is 12.8 Å². The van der Waals surface area contributed by atoms with E-state index in [0.29, 0.717) is 48.5 Å². The van der Waals surface area contributed by atoms with E-state index >= 15 is 0 Å². The summed E-state index contributed by atoms with van der Waals surface area (Å²) in [6.45, 7) is 7.75. The summed E-state index contributed by atoms with van der Waals surface area (Å²) in [5, 5.41) is 13.2. The van der Waals surface area contributed by atoms with Crippen LogP contribution in [0.25, 0.3) is 16.2 Å². The zero-order valence-corrected chi connectivity index (χ0v) is 20.0. The van der Waals surface area contributed by atoms with Gasteiger partial charge in [-0.05, 0) is 31.9 Å². The van der Waals surface area contributed by atoms with Gasteiger partial charge in [0.25, 0.3) is 0 Å². The summed E-state index contributed by atoms with van der Waals surface area (Å²) in [6, 6.07) is 1.73. The fourth-order valence-electron chi connectivity index (χ4n) is 3.88. The Bertz CT molecular complexity index is 1270. The van der Waals surface area contributed by atoms with E-state index in [1.165, 1.54) is 17.1 Å². The van der Waals surface area contributed by atoms with Gasteiger partial charge in [-0.3, -0.25) is 14.2 Å². The molecular weight excluding hydrogens is 460 g/mol. The van der Waals surface area contributed by atoms with Crippen molar-refractivity contribution < 1.29 is 19.4 Å². The standard InChI is InChI=1S/C22H26N6O5S/c1-4-14(10-33-5-2)25-20(30)13-7-27(8-13)16-6-12(3)17-18(29)15(21(31)32)9-28(19(17)26-16)22-23-11-24-34-22/h6,9,11,13-14H,4-5,7-8,10H2,1-3H3,(H,25,30)(H,31,32). The summed E-state index contributed by atoms with van der Waals surface area (Å²) in [7, 11) is 0. The maximum absolute atomic E-state index is 12.9. The summed E-state index contributed by atoms with van der Waals surface area (Å²) in [6.07, 6.45) is 3.38. The lowest BCUT2D eigenvalue weighted by atomic mass is 9.98. The molecule has 1 atom stereocenters. The average Bonchev–Trinajstić information content (AvgIpc) is 3.30. The van der Waals surface area contributed by atoms with Crippen LogP contribution in [0.3, 0.4) is 0 Å². The van der Waals surface area contributed by atoms with Crippen LogP contribution in [-0.4, -0.2) is 68.2 Å². The van der Waals surface area contributed by atoms with Gasteiger partial charge in [0.2, 0.25) is 16.5 Å². The van der Waals surface area contributed by atoms with Crippen molar-refractivity contribution in [3.05, 3.63) is 39.9 Å². The Morgan fingerprint density at radius 2 is 2.12 bits per heavy atom. The van der Waals surface area contributed by atoms with Crippen molar-refractivity contribution in [2.75, 3.05) is 31.2 Å². The number of rotatable bonds is 9. The van der Waals surface area contributed by atoms with Gasteiger partial charge in [-0.15, -0.1) is 0 Å².